The molecular weight excluding hydrogens is 308 g/mol. The number of thiocarbonyl (C=S) groups is 1. The summed E-state index contributed by atoms with van der Waals surface area (Å²) < 4.78 is 4.97. The standard InChI is InChI=1S/C18H26N2O2S/c1-4-22-17(21)14-8-10-15(11-9-14)19-18(23)20-16-7-5-6-12(2)13(16)3/h8-13,16H,4-7H2,1-3H3,(H2,19,20,23). The second-order valence-electron chi connectivity index (χ2n) is 6.27. The average molecular weight is 334 g/mol. The third-order valence-corrected chi connectivity index (χ3v) is 4.90. The van der Waals surface area contributed by atoms with Gasteiger partial charge >= 0.3 is 5.97 Å². The van der Waals surface area contributed by atoms with Crippen molar-refractivity contribution in [2.24, 2.45) is 11.8 Å². The molecule has 4 nitrogen and oxygen atoms in total. The molecule has 0 amide bonds. The topological polar surface area (TPSA) is 50.4 Å². The Morgan fingerprint density at radius 1 is 1.26 bits per heavy atom. The van der Waals surface area contributed by atoms with Gasteiger partial charge in [0.05, 0.1) is 12.2 Å². The van der Waals surface area contributed by atoms with Crippen LogP contribution in [0.5, 0.6) is 0 Å². The van der Waals surface area contributed by atoms with Gasteiger partial charge in [0.1, 0.15) is 0 Å². The number of benzene rings is 1. The van der Waals surface area contributed by atoms with E-state index in [2.05, 4.69) is 24.5 Å². The molecule has 0 heterocycles. The first-order chi connectivity index (χ1) is 11.0. The van der Waals surface area contributed by atoms with Crippen LogP contribution in [0.2, 0.25) is 0 Å². The summed E-state index contributed by atoms with van der Waals surface area (Å²) >= 11 is 5.42. The highest BCUT2D eigenvalue weighted by Crippen LogP contribution is 2.29. The monoisotopic (exact) mass is 334 g/mol. The van der Waals surface area contributed by atoms with Crippen LogP contribution in [0.4, 0.5) is 5.69 Å². The molecule has 0 aromatic heterocycles. The van der Waals surface area contributed by atoms with Crippen LogP contribution in [0.15, 0.2) is 24.3 Å². The molecule has 0 saturated heterocycles. The lowest BCUT2D eigenvalue weighted by atomic mass is 9.78. The van der Waals surface area contributed by atoms with Gasteiger partial charge in [-0.15, -0.1) is 0 Å². The lowest BCUT2D eigenvalue weighted by Crippen LogP contribution is -2.45. The molecule has 3 atom stereocenters. The lowest BCUT2D eigenvalue weighted by molar-refractivity contribution is 0.0526. The van der Waals surface area contributed by atoms with E-state index < -0.39 is 0 Å². The quantitative estimate of drug-likeness (QED) is 0.644. The summed E-state index contributed by atoms with van der Waals surface area (Å²) in [5.74, 6) is 1.05. The van der Waals surface area contributed by atoms with Crippen molar-refractivity contribution >= 4 is 29.0 Å². The summed E-state index contributed by atoms with van der Waals surface area (Å²) in [7, 11) is 0. The Labute approximate surface area is 144 Å². The number of nitrogens with one attached hydrogen (secondary N) is 2. The predicted molar refractivity (Wildman–Crippen MR) is 97.7 cm³/mol. The molecule has 1 aliphatic carbocycles. The van der Waals surface area contributed by atoms with Gasteiger partial charge in [0.25, 0.3) is 0 Å². The summed E-state index contributed by atoms with van der Waals surface area (Å²) in [5.41, 5.74) is 1.41. The van der Waals surface area contributed by atoms with Gasteiger partial charge in [0.2, 0.25) is 0 Å². The molecule has 1 saturated carbocycles. The normalized spacial score (nSPS) is 23.9. The minimum Gasteiger partial charge on any atom is -0.462 e. The molecule has 3 unspecified atom stereocenters. The summed E-state index contributed by atoms with van der Waals surface area (Å²) in [4.78, 5) is 11.6. The van der Waals surface area contributed by atoms with Crippen LogP contribution in [-0.4, -0.2) is 23.7 Å². The highest BCUT2D eigenvalue weighted by molar-refractivity contribution is 7.80. The first kappa shape index (κ1) is 17.7. The maximum atomic E-state index is 11.6. The molecule has 5 heteroatoms. The van der Waals surface area contributed by atoms with Crippen molar-refractivity contribution in [2.75, 3.05) is 11.9 Å². The molecule has 0 bridgehead atoms. The number of ether oxygens (including phenoxy) is 1. The highest BCUT2D eigenvalue weighted by Gasteiger charge is 2.27. The van der Waals surface area contributed by atoms with Gasteiger partial charge in [-0.05, 0) is 61.7 Å². The lowest BCUT2D eigenvalue weighted by Gasteiger charge is -2.35. The molecule has 23 heavy (non-hydrogen) atoms. The van der Waals surface area contributed by atoms with E-state index in [1.165, 1.54) is 12.8 Å². The summed E-state index contributed by atoms with van der Waals surface area (Å²) in [5, 5.41) is 7.26. The van der Waals surface area contributed by atoms with E-state index in [1.54, 1.807) is 19.1 Å². The molecule has 1 aromatic carbocycles. The minimum atomic E-state index is -0.301. The zero-order valence-corrected chi connectivity index (χ0v) is 14.9. The van der Waals surface area contributed by atoms with Gasteiger partial charge in [-0.3, -0.25) is 0 Å². The summed E-state index contributed by atoms with van der Waals surface area (Å²) in [6.07, 6.45) is 3.71. The molecule has 2 N–H and O–H groups in total. The Kier molecular flexibility index (Phi) is 6.39. The summed E-state index contributed by atoms with van der Waals surface area (Å²) in [6.45, 7) is 6.78. The van der Waals surface area contributed by atoms with Crippen molar-refractivity contribution in [1.29, 1.82) is 0 Å². The highest BCUT2D eigenvalue weighted by atomic mass is 32.1. The van der Waals surface area contributed by atoms with E-state index in [0.29, 0.717) is 29.2 Å². The number of rotatable bonds is 4. The predicted octanol–water partition coefficient (Wildman–Crippen LogP) is 3.97. The smallest absolute Gasteiger partial charge is 0.338 e. The van der Waals surface area contributed by atoms with Crippen LogP contribution < -0.4 is 10.6 Å². The number of anilines is 1. The number of esters is 1. The van der Waals surface area contributed by atoms with Crippen molar-refractivity contribution in [2.45, 2.75) is 46.1 Å². The Hall–Kier alpha value is -1.62. The van der Waals surface area contributed by atoms with Gasteiger partial charge in [-0.25, -0.2) is 4.79 Å². The van der Waals surface area contributed by atoms with Crippen LogP contribution >= 0.6 is 12.2 Å². The second kappa shape index (κ2) is 8.29. The fraction of sp³-hybridized carbons (Fsp3) is 0.556. The Morgan fingerprint density at radius 2 is 1.96 bits per heavy atom. The van der Waals surface area contributed by atoms with E-state index in [1.807, 2.05) is 12.1 Å². The van der Waals surface area contributed by atoms with E-state index in [4.69, 9.17) is 17.0 Å². The Bertz CT molecular complexity index is 544. The zero-order valence-electron chi connectivity index (χ0n) is 14.1. The van der Waals surface area contributed by atoms with Crippen molar-refractivity contribution in [1.82, 2.24) is 5.32 Å². The second-order valence-corrected chi connectivity index (χ2v) is 6.68. The molecule has 0 spiro atoms. The molecule has 1 aliphatic rings. The number of carbonyl (C=O) groups excluding carboxylic acids is 1. The third-order valence-electron chi connectivity index (χ3n) is 4.68. The Morgan fingerprint density at radius 3 is 2.61 bits per heavy atom. The molecular formula is C18H26N2O2S. The number of hydrogen-bond acceptors (Lipinski definition) is 3. The summed E-state index contributed by atoms with van der Waals surface area (Å²) in [6, 6.07) is 7.60. The van der Waals surface area contributed by atoms with Crippen molar-refractivity contribution in [3.8, 4) is 0 Å². The molecule has 1 aromatic rings. The SMILES string of the molecule is CCOC(=O)c1ccc(NC(=S)NC2CCCC(C)C2C)cc1. The van der Waals surface area contributed by atoms with Crippen LogP contribution in [0.25, 0.3) is 0 Å². The number of hydrogen-bond donors (Lipinski definition) is 2. The molecule has 126 valence electrons. The van der Waals surface area contributed by atoms with Gasteiger partial charge in [0.15, 0.2) is 5.11 Å². The fourth-order valence-corrected chi connectivity index (χ4v) is 3.29. The first-order valence-electron chi connectivity index (χ1n) is 8.36. The molecule has 0 radical (unpaired) electrons. The van der Waals surface area contributed by atoms with Gasteiger partial charge in [-0.1, -0.05) is 26.7 Å². The van der Waals surface area contributed by atoms with Gasteiger partial charge in [-0.2, -0.15) is 0 Å². The van der Waals surface area contributed by atoms with Crippen molar-refractivity contribution in [3.63, 3.8) is 0 Å². The van der Waals surface area contributed by atoms with Crippen LogP contribution in [-0.2, 0) is 4.74 Å². The third kappa shape index (κ3) is 4.93. The molecule has 1 fully saturated rings. The fourth-order valence-electron chi connectivity index (χ4n) is 3.03. The van der Waals surface area contributed by atoms with Crippen molar-refractivity contribution in [3.05, 3.63) is 29.8 Å². The molecule has 0 aliphatic heterocycles. The van der Waals surface area contributed by atoms with E-state index in [9.17, 15) is 4.79 Å². The van der Waals surface area contributed by atoms with Crippen molar-refractivity contribution < 1.29 is 9.53 Å². The Balaban J connectivity index is 1.89. The van der Waals surface area contributed by atoms with E-state index >= 15 is 0 Å². The number of carbonyl (C=O) groups is 1. The largest absolute Gasteiger partial charge is 0.462 e. The van der Waals surface area contributed by atoms with Crippen LogP contribution in [0.3, 0.4) is 0 Å². The minimum absolute atomic E-state index is 0.301. The zero-order chi connectivity index (χ0) is 16.8. The van der Waals surface area contributed by atoms with E-state index in [0.717, 1.165) is 18.0 Å². The average Bonchev–Trinajstić information content (AvgIpc) is 2.53. The van der Waals surface area contributed by atoms with Gasteiger partial charge in [0, 0.05) is 11.7 Å². The van der Waals surface area contributed by atoms with E-state index in [-0.39, 0.29) is 5.97 Å². The van der Waals surface area contributed by atoms with Crippen LogP contribution in [0, 0.1) is 11.8 Å². The maximum Gasteiger partial charge on any atom is 0.338 e. The van der Waals surface area contributed by atoms with Gasteiger partial charge < -0.3 is 15.4 Å². The molecule has 2 rings (SSSR count). The van der Waals surface area contributed by atoms with Crippen LogP contribution in [0.1, 0.15) is 50.4 Å². The maximum absolute atomic E-state index is 11.6. The first-order valence-corrected chi connectivity index (χ1v) is 8.76.